The Bertz CT molecular complexity index is 1020. The Morgan fingerprint density at radius 1 is 1.13 bits per heavy atom. The van der Waals surface area contributed by atoms with Crippen LogP contribution in [0.2, 0.25) is 0 Å². The number of nitrogens with zero attached hydrogens (tertiary/aromatic N) is 1. The fraction of sp³-hybridized carbons (Fsp3) is 0.364. The standard InChI is InChI=1S/C22H26N2O5S2/c1-5-31(26)15-8-6-14(7-9-15)16(10-11-27-2)21(25)24-22-23-17-12-18(28-3)19(29-4)13-20(17)30-22/h6-9,12-13,16H,5,10-11H2,1-4H3,(H,23,24,25). The van der Waals surface area contributed by atoms with Crippen LogP contribution in [0.15, 0.2) is 41.3 Å². The van der Waals surface area contributed by atoms with E-state index in [1.165, 1.54) is 11.3 Å². The molecule has 7 nitrogen and oxygen atoms in total. The maximum atomic E-state index is 13.1. The summed E-state index contributed by atoms with van der Waals surface area (Å²) in [6.45, 7) is 2.32. The molecule has 166 valence electrons. The lowest BCUT2D eigenvalue weighted by Gasteiger charge is -2.16. The molecule has 0 saturated heterocycles. The van der Waals surface area contributed by atoms with E-state index in [4.69, 9.17) is 14.2 Å². The van der Waals surface area contributed by atoms with Gasteiger partial charge in [-0.3, -0.25) is 9.00 Å². The van der Waals surface area contributed by atoms with Crippen molar-refractivity contribution in [2.45, 2.75) is 24.2 Å². The molecule has 0 radical (unpaired) electrons. The lowest BCUT2D eigenvalue weighted by Crippen LogP contribution is -2.22. The predicted octanol–water partition coefficient (Wildman–Crippen LogP) is 4.20. The number of hydrogen-bond acceptors (Lipinski definition) is 7. The van der Waals surface area contributed by atoms with Crippen molar-refractivity contribution in [3.8, 4) is 11.5 Å². The molecule has 0 aliphatic carbocycles. The van der Waals surface area contributed by atoms with E-state index in [2.05, 4.69) is 10.3 Å². The minimum Gasteiger partial charge on any atom is -0.493 e. The van der Waals surface area contributed by atoms with Gasteiger partial charge in [-0.2, -0.15) is 0 Å². The van der Waals surface area contributed by atoms with Crippen molar-refractivity contribution in [2.24, 2.45) is 0 Å². The van der Waals surface area contributed by atoms with E-state index in [0.717, 1.165) is 20.7 Å². The minimum absolute atomic E-state index is 0.167. The summed E-state index contributed by atoms with van der Waals surface area (Å²) in [6, 6.07) is 11.0. The fourth-order valence-corrected chi connectivity index (χ4v) is 4.86. The van der Waals surface area contributed by atoms with Gasteiger partial charge >= 0.3 is 0 Å². The van der Waals surface area contributed by atoms with E-state index < -0.39 is 16.7 Å². The molecule has 0 aliphatic heterocycles. The van der Waals surface area contributed by atoms with Crippen molar-refractivity contribution in [1.29, 1.82) is 0 Å². The highest BCUT2D eigenvalue weighted by atomic mass is 32.2. The first-order valence-corrected chi connectivity index (χ1v) is 11.9. The normalized spacial score (nSPS) is 13.0. The lowest BCUT2D eigenvalue weighted by molar-refractivity contribution is -0.118. The molecule has 3 aromatic rings. The molecule has 0 aliphatic rings. The van der Waals surface area contributed by atoms with Crippen LogP contribution in [0.25, 0.3) is 10.2 Å². The molecule has 2 atom stereocenters. The Hall–Kier alpha value is -2.49. The second-order valence-electron chi connectivity index (χ2n) is 6.72. The number of carbonyl (C=O) groups excluding carboxylic acids is 1. The first kappa shape index (κ1) is 23.2. The van der Waals surface area contributed by atoms with Gasteiger partial charge in [0, 0.05) is 36.5 Å². The molecule has 1 N–H and O–H groups in total. The molecule has 2 unspecified atom stereocenters. The number of hydrogen-bond donors (Lipinski definition) is 1. The number of rotatable bonds is 10. The van der Waals surface area contributed by atoms with Gasteiger partial charge in [0.2, 0.25) is 5.91 Å². The van der Waals surface area contributed by atoms with Crippen molar-refractivity contribution in [1.82, 2.24) is 4.98 Å². The summed E-state index contributed by atoms with van der Waals surface area (Å²) in [7, 11) is 3.73. The molecule has 0 spiro atoms. The van der Waals surface area contributed by atoms with Gasteiger partial charge in [-0.15, -0.1) is 0 Å². The van der Waals surface area contributed by atoms with Crippen LogP contribution < -0.4 is 14.8 Å². The Labute approximate surface area is 188 Å². The molecular weight excluding hydrogens is 436 g/mol. The van der Waals surface area contributed by atoms with E-state index in [1.54, 1.807) is 27.4 Å². The summed E-state index contributed by atoms with van der Waals surface area (Å²) in [6.07, 6.45) is 0.519. The molecule has 1 amide bonds. The van der Waals surface area contributed by atoms with Crippen LogP contribution in [-0.4, -0.2) is 48.8 Å². The Balaban J connectivity index is 1.84. The average Bonchev–Trinajstić information content (AvgIpc) is 3.19. The number of anilines is 1. The van der Waals surface area contributed by atoms with Gasteiger partial charge in [0.15, 0.2) is 16.6 Å². The van der Waals surface area contributed by atoms with Gasteiger partial charge in [0.1, 0.15) is 0 Å². The zero-order valence-electron chi connectivity index (χ0n) is 18.0. The molecule has 1 aromatic heterocycles. The highest BCUT2D eigenvalue weighted by Gasteiger charge is 2.22. The summed E-state index contributed by atoms with van der Waals surface area (Å²) >= 11 is 1.37. The van der Waals surface area contributed by atoms with Crippen LogP contribution in [0.3, 0.4) is 0 Å². The van der Waals surface area contributed by atoms with Gasteiger partial charge in [0.05, 0.1) is 41.2 Å². The zero-order chi connectivity index (χ0) is 22.4. The molecule has 0 fully saturated rings. The zero-order valence-corrected chi connectivity index (χ0v) is 19.6. The van der Waals surface area contributed by atoms with Crippen molar-refractivity contribution in [3.05, 3.63) is 42.0 Å². The first-order chi connectivity index (χ1) is 15.0. The third kappa shape index (κ3) is 5.41. The summed E-state index contributed by atoms with van der Waals surface area (Å²) in [5, 5.41) is 3.43. The van der Waals surface area contributed by atoms with Crippen molar-refractivity contribution in [2.75, 3.05) is 39.0 Å². The van der Waals surface area contributed by atoms with E-state index >= 15 is 0 Å². The maximum absolute atomic E-state index is 13.1. The van der Waals surface area contributed by atoms with E-state index in [1.807, 2.05) is 37.3 Å². The second-order valence-corrected chi connectivity index (χ2v) is 9.49. The number of carbonyl (C=O) groups is 1. The molecule has 0 bridgehead atoms. The number of amides is 1. The number of nitrogens with one attached hydrogen (secondary N) is 1. The monoisotopic (exact) mass is 462 g/mol. The van der Waals surface area contributed by atoms with Gasteiger partial charge in [-0.1, -0.05) is 30.4 Å². The smallest absolute Gasteiger partial charge is 0.233 e. The van der Waals surface area contributed by atoms with Crippen LogP contribution >= 0.6 is 11.3 Å². The van der Waals surface area contributed by atoms with Crippen molar-refractivity contribution >= 4 is 43.4 Å². The third-order valence-electron chi connectivity index (χ3n) is 4.86. The summed E-state index contributed by atoms with van der Waals surface area (Å²) < 4.78 is 28.8. The summed E-state index contributed by atoms with van der Waals surface area (Å²) in [5.74, 6) is 1.17. The Morgan fingerprint density at radius 2 is 1.81 bits per heavy atom. The first-order valence-electron chi connectivity index (χ1n) is 9.81. The molecule has 1 heterocycles. The molecule has 2 aromatic carbocycles. The van der Waals surface area contributed by atoms with Crippen LogP contribution in [-0.2, 0) is 20.3 Å². The lowest BCUT2D eigenvalue weighted by atomic mass is 9.95. The number of thiazole rings is 1. The molecular formula is C22H26N2O5S2. The van der Waals surface area contributed by atoms with Crippen molar-refractivity contribution < 1.29 is 23.2 Å². The summed E-state index contributed by atoms with van der Waals surface area (Å²) in [4.78, 5) is 18.4. The maximum Gasteiger partial charge on any atom is 0.233 e. The van der Waals surface area contributed by atoms with Gasteiger partial charge in [0.25, 0.3) is 0 Å². The molecule has 0 saturated carbocycles. The van der Waals surface area contributed by atoms with Crippen LogP contribution in [0, 0.1) is 0 Å². The third-order valence-corrected chi connectivity index (χ3v) is 7.11. The number of methoxy groups -OCH3 is 3. The van der Waals surface area contributed by atoms with Gasteiger partial charge in [-0.05, 0) is 24.1 Å². The molecule has 9 heteroatoms. The van der Waals surface area contributed by atoms with Crippen LogP contribution in [0.1, 0.15) is 24.8 Å². The Morgan fingerprint density at radius 3 is 2.42 bits per heavy atom. The second kappa shape index (κ2) is 10.7. The molecule has 3 rings (SSSR count). The van der Waals surface area contributed by atoms with Crippen LogP contribution in [0.4, 0.5) is 5.13 Å². The highest BCUT2D eigenvalue weighted by Crippen LogP contribution is 2.36. The summed E-state index contributed by atoms with van der Waals surface area (Å²) in [5.41, 5.74) is 1.56. The van der Waals surface area contributed by atoms with E-state index in [9.17, 15) is 9.00 Å². The number of ether oxygens (including phenoxy) is 3. The van der Waals surface area contributed by atoms with Crippen molar-refractivity contribution in [3.63, 3.8) is 0 Å². The van der Waals surface area contributed by atoms with E-state index in [-0.39, 0.29) is 5.91 Å². The quantitative estimate of drug-likeness (QED) is 0.486. The van der Waals surface area contributed by atoms with Gasteiger partial charge < -0.3 is 19.5 Å². The average molecular weight is 463 g/mol. The van der Waals surface area contributed by atoms with Gasteiger partial charge in [-0.25, -0.2) is 4.98 Å². The molecule has 31 heavy (non-hydrogen) atoms. The predicted molar refractivity (Wildman–Crippen MR) is 124 cm³/mol. The Kier molecular flexibility index (Phi) is 8.00. The largest absolute Gasteiger partial charge is 0.493 e. The topological polar surface area (TPSA) is 86.8 Å². The highest BCUT2D eigenvalue weighted by molar-refractivity contribution is 7.85. The minimum atomic E-state index is -1.03. The number of benzene rings is 2. The number of fused-ring (bicyclic) bond motifs is 1. The van der Waals surface area contributed by atoms with Crippen LogP contribution in [0.5, 0.6) is 11.5 Å². The SMILES string of the molecule is CCS(=O)c1ccc(C(CCOC)C(=O)Nc2nc3cc(OC)c(OC)cc3s2)cc1. The fourth-order valence-electron chi connectivity index (χ4n) is 3.20. The van der Waals surface area contributed by atoms with E-state index in [0.29, 0.717) is 35.4 Å². The number of aromatic nitrogens is 1.